The lowest BCUT2D eigenvalue weighted by molar-refractivity contribution is -0.139. The SMILES string of the molecule is CCOC(=O)C1=C(C)N=c2s/c(=C/c3ccc(OC)c(COc4cccc(C)c4C)c3)c(=O)n2[C@@H]1c1ccc(N(C)C)cc1. The lowest BCUT2D eigenvalue weighted by Crippen LogP contribution is -2.39. The number of esters is 1. The van der Waals surface area contributed by atoms with E-state index in [1.54, 1.807) is 25.5 Å². The van der Waals surface area contributed by atoms with Crippen molar-refractivity contribution in [3.63, 3.8) is 0 Å². The van der Waals surface area contributed by atoms with E-state index in [4.69, 9.17) is 19.2 Å². The van der Waals surface area contributed by atoms with Gasteiger partial charge in [-0.3, -0.25) is 9.36 Å². The summed E-state index contributed by atoms with van der Waals surface area (Å²) in [6.45, 7) is 8.17. The summed E-state index contributed by atoms with van der Waals surface area (Å²) < 4.78 is 19.3. The number of methoxy groups -OCH3 is 1. The number of hydrogen-bond donors (Lipinski definition) is 0. The Balaban J connectivity index is 1.58. The van der Waals surface area contributed by atoms with Gasteiger partial charge >= 0.3 is 5.97 Å². The predicted octanol–water partition coefficient (Wildman–Crippen LogP) is 5.07. The van der Waals surface area contributed by atoms with E-state index in [1.165, 1.54) is 11.3 Å². The normalized spacial score (nSPS) is 14.6. The van der Waals surface area contributed by atoms with Gasteiger partial charge in [0.15, 0.2) is 4.80 Å². The van der Waals surface area contributed by atoms with Gasteiger partial charge in [0.1, 0.15) is 18.1 Å². The van der Waals surface area contributed by atoms with Crippen LogP contribution < -0.4 is 29.3 Å². The molecule has 1 aliphatic rings. The Hall–Kier alpha value is -4.63. The predicted molar refractivity (Wildman–Crippen MR) is 174 cm³/mol. The number of carbonyl (C=O) groups excluding carboxylic acids is 1. The molecule has 0 unspecified atom stereocenters. The van der Waals surface area contributed by atoms with Gasteiger partial charge in [0.05, 0.1) is 35.6 Å². The quantitative estimate of drug-likeness (QED) is 0.246. The Morgan fingerprint density at radius 3 is 2.48 bits per heavy atom. The number of nitrogens with zero attached hydrogens (tertiary/aromatic N) is 3. The molecule has 0 fully saturated rings. The highest BCUT2D eigenvalue weighted by molar-refractivity contribution is 7.07. The maximum absolute atomic E-state index is 14.0. The zero-order chi connectivity index (χ0) is 31.5. The first-order valence-corrected chi connectivity index (χ1v) is 15.3. The molecule has 2 heterocycles. The van der Waals surface area contributed by atoms with Gasteiger partial charge in [-0.25, -0.2) is 9.79 Å². The van der Waals surface area contributed by atoms with E-state index >= 15 is 0 Å². The highest BCUT2D eigenvalue weighted by atomic mass is 32.1. The first kappa shape index (κ1) is 30.8. The molecule has 0 spiro atoms. The Morgan fingerprint density at radius 1 is 1.05 bits per heavy atom. The fraction of sp³-hybridized carbons (Fsp3) is 0.286. The molecule has 9 heteroatoms. The summed E-state index contributed by atoms with van der Waals surface area (Å²) in [5.74, 6) is 1.04. The van der Waals surface area contributed by atoms with E-state index in [1.807, 2.05) is 86.6 Å². The van der Waals surface area contributed by atoms with Crippen molar-refractivity contribution >= 4 is 29.1 Å². The Labute approximate surface area is 261 Å². The van der Waals surface area contributed by atoms with Gasteiger partial charge in [-0.2, -0.15) is 0 Å². The molecule has 0 radical (unpaired) electrons. The van der Waals surface area contributed by atoms with Gasteiger partial charge in [0.2, 0.25) is 0 Å². The average Bonchev–Trinajstić information content (AvgIpc) is 3.31. The van der Waals surface area contributed by atoms with Gasteiger partial charge in [-0.15, -0.1) is 0 Å². The average molecular weight is 612 g/mol. The summed E-state index contributed by atoms with van der Waals surface area (Å²) >= 11 is 1.29. The van der Waals surface area contributed by atoms with Crippen LogP contribution in [0.4, 0.5) is 5.69 Å². The van der Waals surface area contributed by atoms with E-state index in [2.05, 4.69) is 13.0 Å². The third kappa shape index (κ3) is 6.05. The molecule has 5 rings (SSSR count). The van der Waals surface area contributed by atoms with Gasteiger partial charge < -0.3 is 19.1 Å². The highest BCUT2D eigenvalue weighted by Crippen LogP contribution is 2.32. The Bertz CT molecular complexity index is 1920. The monoisotopic (exact) mass is 611 g/mol. The zero-order valence-corrected chi connectivity index (χ0v) is 27.0. The van der Waals surface area contributed by atoms with Crippen LogP contribution >= 0.6 is 11.3 Å². The lowest BCUT2D eigenvalue weighted by atomic mass is 9.95. The summed E-state index contributed by atoms with van der Waals surface area (Å²) in [6.07, 6.45) is 1.85. The van der Waals surface area contributed by atoms with Gasteiger partial charge in [-0.05, 0) is 86.4 Å². The second-order valence-corrected chi connectivity index (χ2v) is 11.9. The number of rotatable bonds is 9. The van der Waals surface area contributed by atoms with E-state index in [9.17, 15) is 9.59 Å². The number of hydrogen-bond acceptors (Lipinski definition) is 8. The third-order valence-corrected chi connectivity index (χ3v) is 8.77. The molecular weight excluding hydrogens is 574 g/mol. The number of anilines is 1. The molecule has 0 N–H and O–H groups in total. The van der Waals surface area contributed by atoms with Gasteiger partial charge in [0, 0.05) is 25.3 Å². The van der Waals surface area contributed by atoms with Crippen molar-refractivity contribution in [2.24, 2.45) is 4.99 Å². The van der Waals surface area contributed by atoms with Gasteiger partial charge in [-0.1, -0.05) is 41.7 Å². The summed E-state index contributed by atoms with van der Waals surface area (Å²) in [5, 5.41) is 0. The van der Waals surface area contributed by atoms with Crippen LogP contribution in [0.25, 0.3) is 6.08 Å². The number of allylic oxidation sites excluding steroid dienone is 1. The summed E-state index contributed by atoms with van der Waals surface area (Å²) in [6, 6.07) is 18.9. The van der Waals surface area contributed by atoms with E-state index < -0.39 is 12.0 Å². The minimum Gasteiger partial charge on any atom is -0.496 e. The third-order valence-electron chi connectivity index (χ3n) is 7.78. The molecular formula is C35H37N3O5S. The largest absolute Gasteiger partial charge is 0.496 e. The number of ether oxygens (including phenoxy) is 3. The molecule has 1 aromatic heterocycles. The molecule has 8 nitrogen and oxygen atoms in total. The minimum atomic E-state index is -0.666. The van der Waals surface area contributed by atoms with E-state index in [0.717, 1.165) is 39.3 Å². The summed E-state index contributed by atoms with van der Waals surface area (Å²) in [7, 11) is 5.56. The molecule has 0 saturated heterocycles. The molecule has 1 aliphatic heterocycles. The van der Waals surface area contributed by atoms with Crippen molar-refractivity contribution in [2.45, 2.75) is 40.3 Å². The molecule has 4 aromatic rings. The van der Waals surface area contributed by atoms with E-state index in [-0.39, 0.29) is 12.2 Å². The highest BCUT2D eigenvalue weighted by Gasteiger charge is 2.33. The first-order valence-electron chi connectivity index (χ1n) is 14.5. The number of aryl methyl sites for hydroxylation is 1. The van der Waals surface area contributed by atoms with Crippen molar-refractivity contribution in [2.75, 3.05) is 32.7 Å². The van der Waals surface area contributed by atoms with Crippen molar-refractivity contribution in [1.82, 2.24) is 4.57 Å². The van der Waals surface area contributed by atoms with Crippen LogP contribution in [-0.4, -0.2) is 38.3 Å². The van der Waals surface area contributed by atoms with Crippen molar-refractivity contribution in [3.8, 4) is 11.5 Å². The van der Waals surface area contributed by atoms with Crippen LogP contribution in [0.2, 0.25) is 0 Å². The second kappa shape index (κ2) is 12.9. The molecule has 0 amide bonds. The molecule has 0 saturated carbocycles. The van der Waals surface area contributed by atoms with Crippen LogP contribution in [0.3, 0.4) is 0 Å². The lowest BCUT2D eigenvalue weighted by Gasteiger charge is -2.25. The number of benzene rings is 3. The minimum absolute atomic E-state index is 0.222. The smallest absolute Gasteiger partial charge is 0.338 e. The molecule has 44 heavy (non-hydrogen) atoms. The molecule has 228 valence electrons. The molecule has 1 atom stereocenters. The Kier molecular flexibility index (Phi) is 9.06. The fourth-order valence-corrected chi connectivity index (χ4v) is 6.30. The Morgan fingerprint density at radius 2 is 1.80 bits per heavy atom. The standard InChI is InChI=1S/C35H37N3O5S/c1-8-42-34(40)31-23(4)36-35-38(32(31)25-13-15-27(16-14-25)37(5)6)33(39)30(44-35)19-24-12-17-29(41-7)26(18-24)20-43-28-11-9-10-21(2)22(28)3/h9-19,32H,8,20H2,1-7H3/b30-19+/t32-/m1/s1. The van der Waals surface area contributed by atoms with Crippen LogP contribution in [0, 0.1) is 13.8 Å². The van der Waals surface area contributed by atoms with E-state index in [0.29, 0.717) is 33.0 Å². The van der Waals surface area contributed by atoms with Crippen molar-refractivity contribution < 1.29 is 19.0 Å². The molecule has 0 aliphatic carbocycles. The first-order chi connectivity index (χ1) is 21.1. The van der Waals surface area contributed by atoms with Crippen LogP contribution in [0.15, 0.2) is 81.7 Å². The van der Waals surface area contributed by atoms with Crippen molar-refractivity contribution in [3.05, 3.63) is 119 Å². The number of fused-ring (bicyclic) bond motifs is 1. The van der Waals surface area contributed by atoms with Gasteiger partial charge in [0.25, 0.3) is 5.56 Å². The maximum atomic E-state index is 14.0. The summed E-state index contributed by atoms with van der Waals surface area (Å²) in [5.41, 5.74) is 6.41. The number of thiazole rings is 1. The number of carbonyl (C=O) groups is 1. The topological polar surface area (TPSA) is 82.4 Å². The summed E-state index contributed by atoms with van der Waals surface area (Å²) in [4.78, 5) is 34.5. The van der Waals surface area contributed by atoms with Crippen LogP contribution in [-0.2, 0) is 16.1 Å². The van der Waals surface area contributed by atoms with Crippen LogP contribution in [0.5, 0.6) is 11.5 Å². The second-order valence-electron chi connectivity index (χ2n) is 10.8. The molecule has 3 aromatic carbocycles. The van der Waals surface area contributed by atoms with Crippen molar-refractivity contribution in [1.29, 1.82) is 0 Å². The fourth-order valence-electron chi connectivity index (χ4n) is 5.25. The maximum Gasteiger partial charge on any atom is 0.338 e. The molecule has 0 bridgehead atoms. The van der Waals surface area contributed by atoms with Crippen LogP contribution in [0.1, 0.15) is 47.7 Å². The zero-order valence-electron chi connectivity index (χ0n) is 26.1. The number of aromatic nitrogens is 1.